The standard InChI is InChI=1S/C18H33N3/c1-5-8-10-12-16(4)21(15-9-6-2)18-19-14-13-17(20-18)11-7-3/h13-14,16H,5-12,15H2,1-4H3. The van der Waals surface area contributed by atoms with E-state index in [4.69, 9.17) is 4.98 Å². The highest BCUT2D eigenvalue weighted by molar-refractivity contribution is 5.31. The van der Waals surface area contributed by atoms with Crippen LogP contribution in [-0.4, -0.2) is 22.6 Å². The summed E-state index contributed by atoms with van der Waals surface area (Å²) in [6.45, 7) is 10.1. The Hall–Kier alpha value is -1.12. The minimum atomic E-state index is 0.528. The second-order valence-electron chi connectivity index (χ2n) is 5.99. The largest absolute Gasteiger partial charge is 0.338 e. The molecule has 3 heteroatoms. The Morgan fingerprint density at radius 2 is 1.81 bits per heavy atom. The highest BCUT2D eigenvalue weighted by Crippen LogP contribution is 2.17. The van der Waals surface area contributed by atoms with Gasteiger partial charge in [-0.1, -0.05) is 52.9 Å². The van der Waals surface area contributed by atoms with Gasteiger partial charge in [-0.25, -0.2) is 9.97 Å². The monoisotopic (exact) mass is 291 g/mol. The normalized spacial score (nSPS) is 12.4. The zero-order valence-electron chi connectivity index (χ0n) is 14.4. The fraction of sp³-hybridized carbons (Fsp3) is 0.778. The minimum Gasteiger partial charge on any atom is -0.338 e. The molecule has 21 heavy (non-hydrogen) atoms. The third-order valence-electron chi connectivity index (χ3n) is 3.97. The molecule has 3 nitrogen and oxygen atoms in total. The number of nitrogens with zero attached hydrogens (tertiary/aromatic N) is 3. The van der Waals surface area contributed by atoms with Crippen molar-refractivity contribution in [3.8, 4) is 0 Å². The smallest absolute Gasteiger partial charge is 0.225 e. The van der Waals surface area contributed by atoms with Crippen molar-refractivity contribution in [3.63, 3.8) is 0 Å². The second-order valence-corrected chi connectivity index (χ2v) is 5.99. The number of unbranched alkanes of at least 4 members (excludes halogenated alkanes) is 3. The summed E-state index contributed by atoms with van der Waals surface area (Å²) in [7, 11) is 0. The first kappa shape index (κ1) is 17.9. The van der Waals surface area contributed by atoms with Gasteiger partial charge in [0, 0.05) is 24.5 Å². The molecule has 0 aliphatic rings. The summed E-state index contributed by atoms with van der Waals surface area (Å²) in [4.78, 5) is 11.7. The molecule has 1 aromatic heterocycles. The van der Waals surface area contributed by atoms with Gasteiger partial charge in [0.05, 0.1) is 0 Å². The van der Waals surface area contributed by atoms with Gasteiger partial charge in [-0.2, -0.15) is 0 Å². The summed E-state index contributed by atoms with van der Waals surface area (Å²) in [5.74, 6) is 0.929. The molecule has 0 aromatic carbocycles. The van der Waals surface area contributed by atoms with Gasteiger partial charge in [-0.3, -0.25) is 0 Å². The SMILES string of the molecule is CCCCCC(C)N(CCCC)c1nccc(CCC)n1. The van der Waals surface area contributed by atoms with E-state index in [9.17, 15) is 0 Å². The summed E-state index contributed by atoms with van der Waals surface area (Å²) < 4.78 is 0. The van der Waals surface area contributed by atoms with Gasteiger partial charge >= 0.3 is 0 Å². The topological polar surface area (TPSA) is 29.0 Å². The van der Waals surface area contributed by atoms with Crippen LogP contribution in [0, 0.1) is 0 Å². The average Bonchev–Trinajstić information content (AvgIpc) is 2.49. The van der Waals surface area contributed by atoms with Gasteiger partial charge in [-0.15, -0.1) is 0 Å². The lowest BCUT2D eigenvalue weighted by molar-refractivity contribution is 0.528. The predicted octanol–water partition coefficient (Wildman–Crippen LogP) is 5.00. The van der Waals surface area contributed by atoms with Gasteiger partial charge in [0.2, 0.25) is 5.95 Å². The summed E-state index contributed by atoms with van der Waals surface area (Å²) in [6, 6.07) is 2.58. The molecule has 0 spiro atoms. The van der Waals surface area contributed by atoms with Crippen LogP contribution in [-0.2, 0) is 6.42 Å². The first-order chi connectivity index (χ1) is 10.2. The first-order valence-electron chi connectivity index (χ1n) is 8.81. The summed E-state index contributed by atoms with van der Waals surface area (Å²) >= 11 is 0. The molecule has 1 aromatic rings. The van der Waals surface area contributed by atoms with E-state index in [0.29, 0.717) is 6.04 Å². The van der Waals surface area contributed by atoms with E-state index in [2.05, 4.69) is 37.6 Å². The third-order valence-corrected chi connectivity index (χ3v) is 3.97. The number of hydrogen-bond acceptors (Lipinski definition) is 3. The molecule has 0 fully saturated rings. The summed E-state index contributed by atoms with van der Waals surface area (Å²) in [5, 5.41) is 0. The zero-order valence-corrected chi connectivity index (χ0v) is 14.4. The van der Waals surface area contributed by atoms with Crippen molar-refractivity contribution in [2.24, 2.45) is 0 Å². The van der Waals surface area contributed by atoms with Crippen molar-refractivity contribution in [2.45, 2.75) is 85.1 Å². The van der Waals surface area contributed by atoms with Crippen LogP contribution < -0.4 is 4.90 Å². The Kier molecular flexibility index (Phi) is 9.04. The maximum Gasteiger partial charge on any atom is 0.225 e. The van der Waals surface area contributed by atoms with Crippen molar-refractivity contribution in [1.82, 2.24) is 9.97 Å². The summed E-state index contributed by atoms with van der Waals surface area (Å²) in [6.07, 6.45) is 11.7. The lowest BCUT2D eigenvalue weighted by atomic mass is 10.1. The molecule has 1 heterocycles. The van der Waals surface area contributed by atoms with E-state index in [1.165, 1.54) is 44.2 Å². The minimum absolute atomic E-state index is 0.528. The molecule has 0 N–H and O–H groups in total. The van der Waals surface area contributed by atoms with E-state index in [1.807, 2.05) is 12.3 Å². The Labute approximate surface area is 131 Å². The number of anilines is 1. The van der Waals surface area contributed by atoms with Crippen molar-refractivity contribution < 1.29 is 0 Å². The van der Waals surface area contributed by atoms with E-state index < -0.39 is 0 Å². The number of hydrogen-bond donors (Lipinski definition) is 0. The highest BCUT2D eigenvalue weighted by Gasteiger charge is 2.16. The number of aryl methyl sites for hydroxylation is 1. The van der Waals surface area contributed by atoms with Crippen LogP contribution >= 0.6 is 0 Å². The third kappa shape index (κ3) is 6.45. The van der Waals surface area contributed by atoms with Crippen molar-refractivity contribution in [1.29, 1.82) is 0 Å². The van der Waals surface area contributed by atoms with Crippen molar-refractivity contribution >= 4 is 5.95 Å². The van der Waals surface area contributed by atoms with Crippen LogP contribution in [0.4, 0.5) is 5.95 Å². The molecule has 1 rings (SSSR count). The van der Waals surface area contributed by atoms with E-state index >= 15 is 0 Å². The molecule has 0 saturated carbocycles. The van der Waals surface area contributed by atoms with Crippen LogP contribution in [0.15, 0.2) is 12.3 Å². The molecule has 0 aliphatic heterocycles. The second kappa shape index (κ2) is 10.6. The van der Waals surface area contributed by atoms with Gasteiger partial charge in [-0.05, 0) is 32.3 Å². The van der Waals surface area contributed by atoms with E-state index in [0.717, 1.165) is 25.3 Å². The molecular weight excluding hydrogens is 258 g/mol. The zero-order chi connectivity index (χ0) is 15.5. The maximum atomic E-state index is 4.78. The van der Waals surface area contributed by atoms with Crippen molar-refractivity contribution in [3.05, 3.63) is 18.0 Å². The molecule has 0 radical (unpaired) electrons. The molecule has 0 bridgehead atoms. The molecular formula is C18H33N3. The Morgan fingerprint density at radius 3 is 2.48 bits per heavy atom. The fourth-order valence-corrected chi connectivity index (χ4v) is 2.61. The molecule has 1 atom stereocenters. The molecule has 0 saturated heterocycles. The summed E-state index contributed by atoms with van der Waals surface area (Å²) in [5.41, 5.74) is 1.17. The average molecular weight is 291 g/mol. The molecule has 0 aliphatic carbocycles. The van der Waals surface area contributed by atoms with Crippen LogP contribution in [0.3, 0.4) is 0 Å². The Bertz CT molecular complexity index is 378. The molecule has 120 valence electrons. The van der Waals surface area contributed by atoms with Crippen LogP contribution in [0.1, 0.15) is 78.3 Å². The van der Waals surface area contributed by atoms with Crippen LogP contribution in [0.5, 0.6) is 0 Å². The lowest BCUT2D eigenvalue weighted by Crippen LogP contribution is -2.35. The predicted molar refractivity (Wildman–Crippen MR) is 91.9 cm³/mol. The quantitative estimate of drug-likeness (QED) is 0.537. The van der Waals surface area contributed by atoms with Crippen LogP contribution in [0.25, 0.3) is 0 Å². The van der Waals surface area contributed by atoms with Gasteiger partial charge in [0.25, 0.3) is 0 Å². The highest BCUT2D eigenvalue weighted by atomic mass is 15.3. The van der Waals surface area contributed by atoms with E-state index in [1.54, 1.807) is 0 Å². The van der Waals surface area contributed by atoms with Gasteiger partial charge < -0.3 is 4.90 Å². The van der Waals surface area contributed by atoms with E-state index in [-0.39, 0.29) is 0 Å². The van der Waals surface area contributed by atoms with Gasteiger partial charge in [0.15, 0.2) is 0 Å². The number of rotatable bonds is 11. The molecule has 1 unspecified atom stereocenters. The number of aromatic nitrogens is 2. The molecule has 0 amide bonds. The van der Waals surface area contributed by atoms with Crippen molar-refractivity contribution in [2.75, 3.05) is 11.4 Å². The maximum absolute atomic E-state index is 4.78. The van der Waals surface area contributed by atoms with Gasteiger partial charge in [0.1, 0.15) is 0 Å². The first-order valence-corrected chi connectivity index (χ1v) is 8.81. The lowest BCUT2D eigenvalue weighted by Gasteiger charge is -2.29. The van der Waals surface area contributed by atoms with Crippen LogP contribution in [0.2, 0.25) is 0 Å². The Morgan fingerprint density at radius 1 is 1.05 bits per heavy atom. The Balaban J connectivity index is 2.77. The fourth-order valence-electron chi connectivity index (χ4n) is 2.61.